The summed E-state index contributed by atoms with van der Waals surface area (Å²) in [5.41, 5.74) is 9.45. The summed E-state index contributed by atoms with van der Waals surface area (Å²) in [7, 11) is 0. The number of carbonyl (C=O) groups excluding carboxylic acids is 1. The Hall–Kier alpha value is -2.16. The van der Waals surface area contributed by atoms with Crippen molar-refractivity contribution in [2.75, 3.05) is 5.73 Å². The summed E-state index contributed by atoms with van der Waals surface area (Å²) in [6.07, 6.45) is 3.28. The number of benzene rings is 1. The number of pyridine rings is 1. The monoisotopic (exact) mass is 226 g/mol. The lowest BCUT2D eigenvalue weighted by atomic mass is 9.97. The molecule has 0 fully saturated rings. The van der Waals surface area contributed by atoms with Crippen molar-refractivity contribution in [1.29, 1.82) is 0 Å². The summed E-state index contributed by atoms with van der Waals surface area (Å²) >= 11 is 0. The van der Waals surface area contributed by atoms with E-state index in [4.69, 9.17) is 5.73 Å². The Labute approximate surface area is 100 Å². The summed E-state index contributed by atoms with van der Waals surface area (Å²) in [5.74, 6) is -0.0274. The van der Waals surface area contributed by atoms with Crippen molar-refractivity contribution >= 4 is 11.5 Å². The Morgan fingerprint density at radius 3 is 2.65 bits per heavy atom. The number of hydrogen-bond donors (Lipinski definition) is 1. The third kappa shape index (κ3) is 2.04. The first kappa shape index (κ1) is 11.3. The number of hydrogen-bond acceptors (Lipinski definition) is 3. The quantitative estimate of drug-likeness (QED) is 0.632. The van der Waals surface area contributed by atoms with E-state index in [0.29, 0.717) is 16.8 Å². The molecule has 0 saturated carbocycles. The second-order valence-electron chi connectivity index (χ2n) is 4.04. The summed E-state index contributed by atoms with van der Waals surface area (Å²) in [6, 6.07) is 7.21. The van der Waals surface area contributed by atoms with E-state index in [1.165, 1.54) is 0 Å². The average Bonchev–Trinajstić information content (AvgIpc) is 2.32. The molecule has 0 bridgehead atoms. The van der Waals surface area contributed by atoms with Gasteiger partial charge in [0.15, 0.2) is 5.78 Å². The van der Waals surface area contributed by atoms with Gasteiger partial charge in [0.25, 0.3) is 0 Å². The molecular formula is C14H14N2O. The molecule has 0 aliphatic heterocycles. The van der Waals surface area contributed by atoms with Crippen molar-refractivity contribution < 1.29 is 4.79 Å². The zero-order valence-electron chi connectivity index (χ0n) is 9.90. The van der Waals surface area contributed by atoms with Gasteiger partial charge >= 0.3 is 0 Å². The fourth-order valence-electron chi connectivity index (χ4n) is 1.75. The number of nitrogens with two attached hydrogens (primary N) is 1. The maximum atomic E-state index is 12.3. The zero-order valence-corrected chi connectivity index (χ0v) is 9.90. The smallest absolute Gasteiger partial charge is 0.195 e. The minimum absolute atomic E-state index is 0.0274. The highest BCUT2D eigenvalue weighted by atomic mass is 16.1. The first-order valence-electron chi connectivity index (χ1n) is 5.41. The minimum Gasteiger partial charge on any atom is -0.398 e. The van der Waals surface area contributed by atoms with Crippen LogP contribution in [0.3, 0.4) is 0 Å². The second-order valence-corrected chi connectivity index (χ2v) is 4.04. The molecule has 0 radical (unpaired) electrons. The van der Waals surface area contributed by atoms with Crippen LogP contribution < -0.4 is 5.73 Å². The molecule has 0 amide bonds. The van der Waals surface area contributed by atoms with Crippen molar-refractivity contribution in [1.82, 2.24) is 4.98 Å². The van der Waals surface area contributed by atoms with Crippen LogP contribution in [0.1, 0.15) is 27.0 Å². The molecule has 1 aromatic heterocycles. The van der Waals surface area contributed by atoms with Crippen molar-refractivity contribution in [3.63, 3.8) is 0 Å². The van der Waals surface area contributed by atoms with E-state index in [1.807, 2.05) is 19.9 Å². The number of ketones is 1. The van der Waals surface area contributed by atoms with Crippen LogP contribution in [-0.4, -0.2) is 10.8 Å². The number of carbonyl (C=O) groups is 1. The van der Waals surface area contributed by atoms with Gasteiger partial charge in [-0.3, -0.25) is 9.78 Å². The first-order valence-corrected chi connectivity index (χ1v) is 5.41. The van der Waals surface area contributed by atoms with Gasteiger partial charge in [-0.2, -0.15) is 0 Å². The molecule has 17 heavy (non-hydrogen) atoms. The molecule has 2 aromatic rings. The van der Waals surface area contributed by atoms with E-state index >= 15 is 0 Å². The molecule has 0 atom stereocenters. The van der Waals surface area contributed by atoms with Crippen molar-refractivity contribution in [2.45, 2.75) is 13.8 Å². The molecule has 0 unspecified atom stereocenters. The molecule has 0 aliphatic rings. The van der Waals surface area contributed by atoms with E-state index in [2.05, 4.69) is 4.98 Å². The second kappa shape index (κ2) is 4.37. The Morgan fingerprint density at radius 1 is 1.18 bits per heavy atom. The number of nitrogen functional groups attached to an aromatic ring is 1. The summed E-state index contributed by atoms with van der Waals surface area (Å²) in [4.78, 5) is 16.3. The third-order valence-corrected chi connectivity index (χ3v) is 2.90. The van der Waals surface area contributed by atoms with Gasteiger partial charge in [-0.15, -0.1) is 0 Å². The SMILES string of the molecule is Cc1ccncc1C(=O)c1cccc(N)c1C. The van der Waals surface area contributed by atoms with E-state index in [9.17, 15) is 4.79 Å². The lowest BCUT2D eigenvalue weighted by Crippen LogP contribution is -2.07. The largest absolute Gasteiger partial charge is 0.398 e. The highest BCUT2D eigenvalue weighted by Gasteiger charge is 2.14. The molecule has 3 nitrogen and oxygen atoms in total. The number of anilines is 1. The Morgan fingerprint density at radius 2 is 1.94 bits per heavy atom. The average molecular weight is 226 g/mol. The van der Waals surface area contributed by atoms with E-state index < -0.39 is 0 Å². The Bertz CT molecular complexity index is 576. The molecular weight excluding hydrogens is 212 g/mol. The summed E-state index contributed by atoms with van der Waals surface area (Å²) < 4.78 is 0. The lowest BCUT2D eigenvalue weighted by Gasteiger charge is -2.08. The van der Waals surface area contributed by atoms with Crippen LogP contribution in [0.5, 0.6) is 0 Å². The molecule has 1 aromatic carbocycles. The van der Waals surface area contributed by atoms with E-state index in [0.717, 1.165) is 11.1 Å². The van der Waals surface area contributed by atoms with Gasteiger partial charge in [-0.25, -0.2) is 0 Å². The van der Waals surface area contributed by atoms with E-state index in [-0.39, 0.29) is 5.78 Å². The molecule has 0 aliphatic carbocycles. The Kier molecular flexibility index (Phi) is 2.91. The van der Waals surface area contributed by atoms with Gasteiger partial charge in [0.05, 0.1) is 0 Å². The molecule has 3 heteroatoms. The highest BCUT2D eigenvalue weighted by Crippen LogP contribution is 2.20. The minimum atomic E-state index is -0.0274. The third-order valence-electron chi connectivity index (χ3n) is 2.90. The molecule has 1 heterocycles. The van der Waals surface area contributed by atoms with Gasteiger partial charge < -0.3 is 5.73 Å². The predicted octanol–water partition coefficient (Wildman–Crippen LogP) is 2.51. The topological polar surface area (TPSA) is 56.0 Å². The number of aromatic nitrogens is 1. The van der Waals surface area contributed by atoms with Crippen LogP contribution in [0.4, 0.5) is 5.69 Å². The molecule has 0 saturated heterocycles. The number of nitrogens with zero attached hydrogens (tertiary/aromatic N) is 1. The normalized spacial score (nSPS) is 10.2. The van der Waals surface area contributed by atoms with Crippen LogP contribution >= 0.6 is 0 Å². The fraction of sp³-hybridized carbons (Fsp3) is 0.143. The Balaban J connectivity index is 2.52. The van der Waals surface area contributed by atoms with Crippen molar-refractivity contribution in [3.8, 4) is 0 Å². The number of rotatable bonds is 2. The van der Waals surface area contributed by atoms with Gasteiger partial charge in [-0.05, 0) is 37.1 Å². The van der Waals surface area contributed by atoms with Crippen molar-refractivity contribution in [2.24, 2.45) is 0 Å². The van der Waals surface area contributed by atoms with Gasteiger partial charge in [0.2, 0.25) is 0 Å². The van der Waals surface area contributed by atoms with Gasteiger partial charge in [0.1, 0.15) is 0 Å². The fourth-order valence-corrected chi connectivity index (χ4v) is 1.75. The number of aryl methyl sites for hydroxylation is 1. The van der Waals surface area contributed by atoms with Crippen LogP contribution in [-0.2, 0) is 0 Å². The maximum Gasteiger partial charge on any atom is 0.195 e. The molecule has 2 N–H and O–H groups in total. The van der Waals surface area contributed by atoms with Crippen molar-refractivity contribution in [3.05, 3.63) is 58.9 Å². The molecule has 86 valence electrons. The van der Waals surface area contributed by atoms with Crippen LogP contribution in [0, 0.1) is 13.8 Å². The van der Waals surface area contributed by atoms with Gasteiger partial charge in [-0.1, -0.05) is 12.1 Å². The lowest BCUT2D eigenvalue weighted by molar-refractivity contribution is 0.103. The molecule has 0 spiro atoms. The van der Waals surface area contributed by atoms with Crippen LogP contribution in [0.2, 0.25) is 0 Å². The summed E-state index contributed by atoms with van der Waals surface area (Å²) in [5, 5.41) is 0. The standard InChI is InChI=1S/C14H14N2O/c1-9-6-7-16-8-12(9)14(17)11-4-3-5-13(15)10(11)2/h3-8H,15H2,1-2H3. The van der Waals surface area contributed by atoms with Crippen LogP contribution in [0.15, 0.2) is 36.7 Å². The first-order chi connectivity index (χ1) is 8.11. The zero-order chi connectivity index (χ0) is 12.4. The van der Waals surface area contributed by atoms with Crippen LogP contribution in [0.25, 0.3) is 0 Å². The summed E-state index contributed by atoms with van der Waals surface area (Å²) in [6.45, 7) is 3.75. The molecule has 2 rings (SSSR count). The van der Waals surface area contributed by atoms with Gasteiger partial charge in [0, 0.05) is 29.2 Å². The van der Waals surface area contributed by atoms with E-state index in [1.54, 1.807) is 30.6 Å². The predicted molar refractivity (Wildman–Crippen MR) is 68.0 cm³/mol. The highest BCUT2D eigenvalue weighted by molar-refractivity contribution is 6.11. The maximum absolute atomic E-state index is 12.3.